The normalized spacial score (nSPS) is 11.5. The number of carboxylic acids is 1. The number of benzene rings is 1. The van der Waals surface area contributed by atoms with Crippen LogP contribution in [0.2, 0.25) is 0 Å². The molecule has 2 aromatic rings. The molecule has 1 atom stereocenters. The monoisotopic (exact) mass is 322 g/mol. The first-order valence-electron chi connectivity index (χ1n) is 7.76. The van der Waals surface area contributed by atoms with Gasteiger partial charge in [-0.25, -0.2) is 0 Å². The van der Waals surface area contributed by atoms with Crippen molar-refractivity contribution >= 4 is 11.8 Å². The first-order chi connectivity index (χ1) is 11.6. The molecule has 1 aromatic heterocycles. The number of carboxylic acid groups (broad SMARTS) is 1. The van der Waals surface area contributed by atoms with E-state index in [4.69, 9.17) is 5.26 Å². The van der Waals surface area contributed by atoms with Crippen molar-refractivity contribution in [1.82, 2.24) is 4.98 Å². The summed E-state index contributed by atoms with van der Waals surface area (Å²) in [4.78, 5) is 27.5. The van der Waals surface area contributed by atoms with Gasteiger partial charge in [0.2, 0.25) is 0 Å². The van der Waals surface area contributed by atoms with E-state index >= 15 is 0 Å². The molecule has 1 heterocycles. The van der Waals surface area contributed by atoms with E-state index in [-0.39, 0.29) is 18.6 Å². The molecular weight excluding hydrogens is 304 g/mol. The van der Waals surface area contributed by atoms with E-state index in [0.717, 1.165) is 11.1 Å². The van der Waals surface area contributed by atoms with Crippen LogP contribution in [0, 0.1) is 17.2 Å². The second-order valence-electron chi connectivity index (χ2n) is 5.52. The fraction of sp³-hybridized carbons (Fsp3) is 0.263. The highest BCUT2D eigenvalue weighted by Crippen LogP contribution is 2.22. The lowest BCUT2D eigenvalue weighted by atomic mass is 9.92. The van der Waals surface area contributed by atoms with Crippen LogP contribution in [0.25, 0.3) is 11.3 Å². The van der Waals surface area contributed by atoms with Gasteiger partial charge in [0.05, 0.1) is 11.3 Å². The molecule has 0 radical (unpaired) electrons. The van der Waals surface area contributed by atoms with Crippen molar-refractivity contribution in [2.24, 2.45) is 5.92 Å². The van der Waals surface area contributed by atoms with Crippen molar-refractivity contribution in [2.45, 2.75) is 26.2 Å². The largest absolute Gasteiger partial charge is 0.481 e. The average molecular weight is 322 g/mol. The van der Waals surface area contributed by atoms with Gasteiger partial charge in [-0.2, -0.15) is 5.26 Å². The topological polar surface area (TPSA) is 91.0 Å². The number of nitrogens with zero attached hydrogens (tertiary/aromatic N) is 2. The van der Waals surface area contributed by atoms with Crippen molar-refractivity contribution in [3.63, 3.8) is 0 Å². The van der Waals surface area contributed by atoms with E-state index in [9.17, 15) is 14.7 Å². The summed E-state index contributed by atoms with van der Waals surface area (Å²) in [6.45, 7) is 1.85. The summed E-state index contributed by atoms with van der Waals surface area (Å²) in [5, 5.41) is 18.4. The van der Waals surface area contributed by atoms with Crippen LogP contribution in [-0.2, 0) is 16.0 Å². The summed E-state index contributed by atoms with van der Waals surface area (Å²) in [6, 6.07) is 12.6. The Hall–Kier alpha value is -3.00. The fourth-order valence-electron chi connectivity index (χ4n) is 2.52. The molecule has 0 bridgehead atoms. The summed E-state index contributed by atoms with van der Waals surface area (Å²) in [5.74, 6) is -2.35. The Morgan fingerprint density at radius 1 is 1.25 bits per heavy atom. The maximum Gasteiger partial charge on any atom is 0.314 e. The molecule has 0 fully saturated rings. The number of rotatable bonds is 7. The minimum Gasteiger partial charge on any atom is -0.481 e. The van der Waals surface area contributed by atoms with Gasteiger partial charge in [-0.15, -0.1) is 0 Å². The number of ketones is 1. The summed E-state index contributed by atoms with van der Waals surface area (Å²) < 4.78 is 0. The molecule has 1 N–H and O–H groups in total. The van der Waals surface area contributed by atoms with Crippen LogP contribution < -0.4 is 0 Å². The lowest BCUT2D eigenvalue weighted by molar-refractivity contribution is -0.146. The van der Waals surface area contributed by atoms with Gasteiger partial charge in [0.1, 0.15) is 17.8 Å². The van der Waals surface area contributed by atoms with Crippen molar-refractivity contribution in [1.29, 1.82) is 5.26 Å². The molecule has 0 saturated carbocycles. The van der Waals surface area contributed by atoms with E-state index in [1.165, 1.54) is 0 Å². The Balaban J connectivity index is 2.21. The molecule has 5 heteroatoms. The molecule has 0 aliphatic rings. The van der Waals surface area contributed by atoms with Gasteiger partial charge >= 0.3 is 5.97 Å². The number of pyridine rings is 1. The van der Waals surface area contributed by atoms with E-state index in [0.29, 0.717) is 17.7 Å². The molecule has 0 saturated heterocycles. The van der Waals surface area contributed by atoms with Crippen LogP contribution in [0.5, 0.6) is 0 Å². The Morgan fingerprint density at radius 3 is 2.54 bits per heavy atom. The lowest BCUT2D eigenvalue weighted by Gasteiger charge is -2.11. The van der Waals surface area contributed by atoms with E-state index in [1.54, 1.807) is 42.6 Å². The van der Waals surface area contributed by atoms with Crippen LogP contribution in [0.4, 0.5) is 0 Å². The molecule has 5 nitrogen and oxygen atoms in total. The molecule has 122 valence electrons. The number of aliphatic carboxylic acids is 1. The molecule has 2 rings (SSSR count). The summed E-state index contributed by atoms with van der Waals surface area (Å²) in [7, 11) is 0. The van der Waals surface area contributed by atoms with Crippen LogP contribution in [0.3, 0.4) is 0 Å². The maximum absolute atomic E-state index is 11.9. The summed E-state index contributed by atoms with van der Waals surface area (Å²) >= 11 is 0. The van der Waals surface area contributed by atoms with E-state index in [2.05, 4.69) is 11.1 Å². The third-order valence-electron chi connectivity index (χ3n) is 3.78. The van der Waals surface area contributed by atoms with Gasteiger partial charge in [-0.1, -0.05) is 31.2 Å². The molecule has 0 amide bonds. The number of carbonyl (C=O) groups excluding carboxylic acids is 1. The molecular formula is C19H18N2O3. The van der Waals surface area contributed by atoms with Crippen LogP contribution in [-0.4, -0.2) is 21.8 Å². The zero-order valence-corrected chi connectivity index (χ0v) is 13.4. The van der Waals surface area contributed by atoms with Gasteiger partial charge in [0.15, 0.2) is 0 Å². The fourth-order valence-corrected chi connectivity index (χ4v) is 2.52. The zero-order chi connectivity index (χ0) is 17.5. The Bertz CT molecular complexity index is 776. The van der Waals surface area contributed by atoms with Gasteiger partial charge < -0.3 is 5.11 Å². The van der Waals surface area contributed by atoms with Gasteiger partial charge in [0.25, 0.3) is 0 Å². The standard InChI is InChI=1S/C19H18N2O3/c1-2-4-17(22)16(19(23)24)11-13-6-8-14(9-7-13)18-15(12-20)5-3-10-21-18/h3,5-10,16H,2,4,11H2,1H3,(H,23,24). The minimum atomic E-state index is -1.09. The van der Waals surface area contributed by atoms with Crippen molar-refractivity contribution in [3.8, 4) is 17.3 Å². The highest BCUT2D eigenvalue weighted by Gasteiger charge is 2.25. The van der Waals surface area contributed by atoms with Crippen LogP contribution in [0.15, 0.2) is 42.6 Å². The number of hydrogen-bond acceptors (Lipinski definition) is 4. The number of nitriles is 1. The highest BCUT2D eigenvalue weighted by atomic mass is 16.4. The first-order valence-corrected chi connectivity index (χ1v) is 7.76. The molecule has 0 spiro atoms. The van der Waals surface area contributed by atoms with E-state index in [1.807, 2.05) is 6.92 Å². The zero-order valence-electron chi connectivity index (χ0n) is 13.4. The van der Waals surface area contributed by atoms with Crippen molar-refractivity contribution < 1.29 is 14.7 Å². The average Bonchev–Trinajstić information content (AvgIpc) is 2.60. The lowest BCUT2D eigenvalue weighted by Crippen LogP contribution is -2.25. The Labute approximate surface area is 140 Å². The second-order valence-corrected chi connectivity index (χ2v) is 5.52. The first kappa shape index (κ1) is 17.4. The Morgan fingerprint density at radius 2 is 1.96 bits per heavy atom. The van der Waals surface area contributed by atoms with Crippen LogP contribution >= 0.6 is 0 Å². The number of Topliss-reactive ketones (excluding diaryl/α,β-unsaturated/α-hetero) is 1. The molecule has 1 unspecified atom stereocenters. The molecule has 24 heavy (non-hydrogen) atoms. The quantitative estimate of drug-likeness (QED) is 0.790. The van der Waals surface area contributed by atoms with E-state index < -0.39 is 11.9 Å². The van der Waals surface area contributed by atoms with Gasteiger partial charge in [0, 0.05) is 18.2 Å². The smallest absolute Gasteiger partial charge is 0.314 e. The van der Waals surface area contributed by atoms with Gasteiger partial charge in [-0.3, -0.25) is 14.6 Å². The number of carbonyl (C=O) groups is 2. The number of aromatic nitrogens is 1. The van der Waals surface area contributed by atoms with Gasteiger partial charge in [-0.05, 0) is 30.5 Å². The maximum atomic E-state index is 11.9. The number of hydrogen-bond donors (Lipinski definition) is 1. The SMILES string of the molecule is CCCC(=O)C(Cc1ccc(-c2ncccc2C#N)cc1)C(=O)O. The predicted molar refractivity (Wildman–Crippen MR) is 89.1 cm³/mol. The minimum absolute atomic E-state index is 0.168. The summed E-state index contributed by atoms with van der Waals surface area (Å²) in [6.07, 6.45) is 2.70. The Kier molecular flexibility index (Phi) is 5.80. The molecule has 1 aromatic carbocycles. The molecule has 0 aliphatic heterocycles. The third kappa shape index (κ3) is 4.05. The second kappa shape index (κ2) is 8.02. The van der Waals surface area contributed by atoms with Crippen molar-refractivity contribution in [2.75, 3.05) is 0 Å². The molecule has 0 aliphatic carbocycles. The predicted octanol–water partition coefficient (Wildman–Crippen LogP) is 3.23. The van der Waals surface area contributed by atoms with Crippen LogP contribution in [0.1, 0.15) is 30.9 Å². The third-order valence-corrected chi connectivity index (χ3v) is 3.78. The van der Waals surface area contributed by atoms with Crippen molar-refractivity contribution in [3.05, 3.63) is 53.7 Å². The highest BCUT2D eigenvalue weighted by molar-refractivity contribution is 5.98. The summed E-state index contributed by atoms with van der Waals surface area (Å²) in [5.41, 5.74) is 2.61.